The molecule has 1 aromatic heterocycles. The lowest BCUT2D eigenvalue weighted by Crippen LogP contribution is -2.15. The fourth-order valence-corrected chi connectivity index (χ4v) is 2.95. The molecule has 3 aromatic rings. The number of anilines is 1. The van der Waals surface area contributed by atoms with Gasteiger partial charge in [-0.3, -0.25) is 14.9 Å². The molecule has 0 saturated heterocycles. The highest BCUT2D eigenvalue weighted by molar-refractivity contribution is 6.30. The van der Waals surface area contributed by atoms with Crippen LogP contribution in [0.15, 0.2) is 54.7 Å². The van der Waals surface area contributed by atoms with E-state index in [1.54, 1.807) is 16.8 Å². The number of nitrogens with zero attached hydrogens (tertiary/aromatic N) is 3. The third kappa shape index (κ3) is 3.98. The Labute approximate surface area is 160 Å². The summed E-state index contributed by atoms with van der Waals surface area (Å²) in [5, 5.41) is 18.4. The lowest BCUT2D eigenvalue weighted by atomic mass is 10.0. The molecule has 0 aliphatic rings. The van der Waals surface area contributed by atoms with Crippen molar-refractivity contribution < 1.29 is 9.72 Å². The van der Waals surface area contributed by atoms with Crippen LogP contribution in [0.2, 0.25) is 5.02 Å². The lowest BCUT2D eigenvalue weighted by molar-refractivity contribution is -0.384. The number of hydrogen-bond donors (Lipinski definition) is 1. The summed E-state index contributed by atoms with van der Waals surface area (Å²) in [6, 6.07) is 12.9. The smallest absolute Gasteiger partial charge is 0.269 e. The van der Waals surface area contributed by atoms with Crippen molar-refractivity contribution in [1.29, 1.82) is 0 Å². The van der Waals surface area contributed by atoms with Gasteiger partial charge < -0.3 is 5.32 Å². The third-order valence-electron chi connectivity index (χ3n) is 3.99. The molecule has 0 bridgehead atoms. The number of amides is 1. The fourth-order valence-electron chi connectivity index (χ4n) is 2.77. The minimum atomic E-state index is -0.489. The van der Waals surface area contributed by atoms with Gasteiger partial charge in [0.2, 0.25) is 0 Å². The Morgan fingerprint density at radius 1 is 1.22 bits per heavy atom. The first-order valence-electron chi connectivity index (χ1n) is 8.26. The minimum Gasteiger partial charge on any atom is -0.322 e. The quantitative estimate of drug-likeness (QED) is 0.504. The Balaban J connectivity index is 1.92. The summed E-state index contributed by atoms with van der Waals surface area (Å²) in [6.45, 7) is 3.95. The second-order valence-corrected chi connectivity index (χ2v) is 6.68. The molecule has 7 nitrogen and oxygen atoms in total. The van der Waals surface area contributed by atoms with E-state index in [2.05, 4.69) is 10.4 Å². The number of rotatable bonds is 5. The molecule has 0 saturated carbocycles. The number of benzene rings is 2. The molecule has 0 atom stereocenters. The lowest BCUT2D eigenvalue weighted by Gasteiger charge is -2.13. The van der Waals surface area contributed by atoms with Gasteiger partial charge in [0.25, 0.3) is 11.6 Å². The van der Waals surface area contributed by atoms with E-state index in [0.717, 1.165) is 11.4 Å². The molecule has 0 fully saturated rings. The van der Waals surface area contributed by atoms with Crippen LogP contribution in [0.25, 0.3) is 5.69 Å². The van der Waals surface area contributed by atoms with Crippen LogP contribution in [0.5, 0.6) is 0 Å². The van der Waals surface area contributed by atoms with Crippen LogP contribution >= 0.6 is 11.6 Å². The standard InChI is InChI=1S/C19H17ClN4O3/c1-12(2)18-17(11-21-23(18)16-5-3-4-13(20)10-16)19(25)22-14-6-8-15(9-7-14)24(26)27/h3-12H,1-2H3,(H,22,25). The number of nitro benzene ring substituents is 1. The zero-order valence-corrected chi connectivity index (χ0v) is 15.5. The van der Waals surface area contributed by atoms with E-state index >= 15 is 0 Å². The van der Waals surface area contributed by atoms with Crippen molar-refractivity contribution in [2.45, 2.75) is 19.8 Å². The first-order valence-corrected chi connectivity index (χ1v) is 8.64. The zero-order valence-electron chi connectivity index (χ0n) is 14.7. The number of aromatic nitrogens is 2. The Morgan fingerprint density at radius 2 is 1.93 bits per heavy atom. The van der Waals surface area contributed by atoms with E-state index < -0.39 is 4.92 Å². The van der Waals surface area contributed by atoms with Gasteiger partial charge in [-0.15, -0.1) is 0 Å². The summed E-state index contributed by atoms with van der Waals surface area (Å²) >= 11 is 6.07. The molecular formula is C19H17ClN4O3. The molecule has 1 heterocycles. The number of halogens is 1. The van der Waals surface area contributed by atoms with Crippen LogP contribution in [-0.2, 0) is 0 Å². The topological polar surface area (TPSA) is 90.1 Å². The molecule has 27 heavy (non-hydrogen) atoms. The molecule has 0 aliphatic heterocycles. The SMILES string of the molecule is CC(C)c1c(C(=O)Nc2ccc([N+](=O)[O-])cc2)cnn1-c1cccc(Cl)c1. The van der Waals surface area contributed by atoms with E-state index in [-0.39, 0.29) is 17.5 Å². The van der Waals surface area contributed by atoms with Crippen LogP contribution in [-0.4, -0.2) is 20.6 Å². The molecule has 2 aromatic carbocycles. The Kier molecular flexibility index (Phi) is 5.23. The average Bonchev–Trinajstić information content (AvgIpc) is 3.07. The summed E-state index contributed by atoms with van der Waals surface area (Å²) < 4.78 is 1.70. The average molecular weight is 385 g/mol. The molecule has 1 N–H and O–H groups in total. The van der Waals surface area contributed by atoms with Crippen LogP contribution < -0.4 is 5.32 Å². The molecule has 8 heteroatoms. The molecule has 1 amide bonds. The van der Waals surface area contributed by atoms with E-state index in [1.165, 1.54) is 30.5 Å². The maximum atomic E-state index is 12.7. The summed E-state index contributed by atoms with van der Waals surface area (Å²) in [5.41, 5.74) is 2.38. The molecule has 0 spiro atoms. The normalized spacial score (nSPS) is 10.8. The molecule has 0 aliphatic carbocycles. The van der Waals surface area contributed by atoms with Crippen LogP contribution in [0.3, 0.4) is 0 Å². The van der Waals surface area contributed by atoms with Gasteiger partial charge in [0.15, 0.2) is 0 Å². The summed E-state index contributed by atoms with van der Waals surface area (Å²) in [4.78, 5) is 23.0. The van der Waals surface area contributed by atoms with E-state index in [0.29, 0.717) is 16.3 Å². The van der Waals surface area contributed by atoms with Crippen LogP contribution in [0, 0.1) is 10.1 Å². The second kappa shape index (κ2) is 7.59. The molecule has 3 rings (SSSR count). The maximum Gasteiger partial charge on any atom is 0.269 e. The molecule has 0 radical (unpaired) electrons. The van der Waals surface area contributed by atoms with Crippen molar-refractivity contribution in [3.63, 3.8) is 0 Å². The van der Waals surface area contributed by atoms with Crippen molar-refractivity contribution in [1.82, 2.24) is 9.78 Å². The summed E-state index contributed by atoms with van der Waals surface area (Å²) in [7, 11) is 0. The number of nitrogens with one attached hydrogen (secondary N) is 1. The van der Waals surface area contributed by atoms with Gasteiger partial charge in [0.05, 0.1) is 28.1 Å². The van der Waals surface area contributed by atoms with Crippen molar-refractivity contribution >= 4 is 28.9 Å². The number of nitro groups is 1. The van der Waals surface area contributed by atoms with Gasteiger partial charge in [0.1, 0.15) is 0 Å². The van der Waals surface area contributed by atoms with Gasteiger partial charge in [-0.1, -0.05) is 31.5 Å². The maximum absolute atomic E-state index is 12.7. The minimum absolute atomic E-state index is 0.0316. The van der Waals surface area contributed by atoms with E-state index in [1.807, 2.05) is 26.0 Å². The van der Waals surface area contributed by atoms with Gasteiger partial charge in [-0.05, 0) is 36.2 Å². The Hall–Kier alpha value is -3.19. The monoisotopic (exact) mass is 384 g/mol. The number of hydrogen-bond acceptors (Lipinski definition) is 4. The predicted octanol–water partition coefficient (Wildman–Crippen LogP) is 4.81. The fraction of sp³-hybridized carbons (Fsp3) is 0.158. The van der Waals surface area contributed by atoms with Gasteiger partial charge >= 0.3 is 0 Å². The number of non-ortho nitro benzene ring substituents is 1. The highest BCUT2D eigenvalue weighted by Crippen LogP contribution is 2.25. The Morgan fingerprint density at radius 3 is 2.52 bits per heavy atom. The van der Waals surface area contributed by atoms with Crippen molar-refractivity contribution in [2.24, 2.45) is 0 Å². The third-order valence-corrected chi connectivity index (χ3v) is 4.22. The Bertz CT molecular complexity index is 996. The molecule has 0 unspecified atom stereocenters. The van der Waals surface area contributed by atoms with E-state index in [4.69, 9.17) is 11.6 Å². The van der Waals surface area contributed by atoms with Crippen molar-refractivity contribution in [3.8, 4) is 5.69 Å². The molecular weight excluding hydrogens is 368 g/mol. The highest BCUT2D eigenvalue weighted by atomic mass is 35.5. The largest absolute Gasteiger partial charge is 0.322 e. The van der Waals surface area contributed by atoms with Crippen LogP contribution in [0.1, 0.15) is 35.8 Å². The zero-order chi connectivity index (χ0) is 19.6. The second-order valence-electron chi connectivity index (χ2n) is 6.25. The first kappa shape index (κ1) is 18.6. The van der Waals surface area contributed by atoms with E-state index in [9.17, 15) is 14.9 Å². The predicted molar refractivity (Wildman–Crippen MR) is 104 cm³/mol. The van der Waals surface area contributed by atoms with Crippen LogP contribution in [0.4, 0.5) is 11.4 Å². The first-order chi connectivity index (χ1) is 12.9. The highest BCUT2D eigenvalue weighted by Gasteiger charge is 2.21. The number of carbonyl (C=O) groups excluding carboxylic acids is 1. The van der Waals surface area contributed by atoms with Gasteiger partial charge in [0, 0.05) is 22.8 Å². The van der Waals surface area contributed by atoms with Gasteiger partial charge in [-0.25, -0.2) is 4.68 Å². The number of carbonyl (C=O) groups is 1. The van der Waals surface area contributed by atoms with Crippen molar-refractivity contribution in [3.05, 3.63) is 81.1 Å². The van der Waals surface area contributed by atoms with Crippen molar-refractivity contribution in [2.75, 3.05) is 5.32 Å². The summed E-state index contributed by atoms with van der Waals surface area (Å²) in [5.74, 6) is -0.301. The molecule has 138 valence electrons. The summed E-state index contributed by atoms with van der Waals surface area (Å²) in [6.07, 6.45) is 1.51. The van der Waals surface area contributed by atoms with Gasteiger partial charge in [-0.2, -0.15) is 5.10 Å².